The number of aromatic nitrogens is 2. The number of carbonyl (C=O) groups excluding carboxylic acids is 1. The van der Waals surface area contributed by atoms with Gasteiger partial charge in [0.05, 0.1) is 12.3 Å². The summed E-state index contributed by atoms with van der Waals surface area (Å²) in [7, 11) is 0. The second-order valence-electron chi connectivity index (χ2n) is 5.39. The van der Waals surface area contributed by atoms with Gasteiger partial charge in [-0.1, -0.05) is 6.92 Å². The summed E-state index contributed by atoms with van der Waals surface area (Å²) in [4.78, 5) is 14.3. The summed E-state index contributed by atoms with van der Waals surface area (Å²) in [6, 6.07) is 2.22. The number of nitrogens with one attached hydrogen (secondary N) is 1. The molecule has 0 aromatic carbocycles. The van der Waals surface area contributed by atoms with Crippen molar-refractivity contribution in [2.45, 2.75) is 32.7 Å². The van der Waals surface area contributed by atoms with Crippen LogP contribution < -0.4 is 0 Å². The molecule has 1 N–H and O–H groups in total. The lowest BCUT2D eigenvalue weighted by molar-refractivity contribution is -0.136. The van der Waals surface area contributed by atoms with Crippen LogP contribution in [0.5, 0.6) is 0 Å². The van der Waals surface area contributed by atoms with E-state index in [1.54, 1.807) is 6.20 Å². The Morgan fingerprint density at radius 1 is 1.72 bits per heavy atom. The molecule has 0 spiro atoms. The molecule has 3 rings (SSSR count). The van der Waals surface area contributed by atoms with Crippen LogP contribution in [0.2, 0.25) is 0 Å². The van der Waals surface area contributed by atoms with Gasteiger partial charge in [-0.2, -0.15) is 10.4 Å². The first-order chi connectivity index (χ1) is 8.67. The molecular weight excluding hydrogens is 228 g/mol. The van der Waals surface area contributed by atoms with E-state index in [1.807, 2.05) is 11.8 Å². The fourth-order valence-electron chi connectivity index (χ4n) is 2.80. The molecule has 1 aromatic rings. The molecule has 0 radical (unpaired) electrons. The second kappa shape index (κ2) is 3.84. The van der Waals surface area contributed by atoms with Crippen LogP contribution in [-0.4, -0.2) is 27.5 Å². The molecule has 0 saturated heterocycles. The van der Waals surface area contributed by atoms with Gasteiger partial charge in [0.2, 0.25) is 5.91 Å². The Morgan fingerprint density at radius 2 is 2.50 bits per heavy atom. The molecule has 94 valence electrons. The normalized spacial score (nSPS) is 30.2. The fourth-order valence-corrected chi connectivity index (χ4v) is 2.80. The highest BCUT2D eigenvalue weighted by molar-refractivity contribution is 5.89. The van der Waals surface area contributed by atoms with Gasteiger partial charge in [-0.3, -0.25) is 9.89 Å². The topological polar surface area (TPSA) is 72.8 Å². The molecule has 5 heteroatoms. The highest BCUT2D eigenvalue weighted by Crippen LogP contribution is 2.53. The SMILES string of the molecule is CC1CC1(C#N)C(=O)N1CCCc2[nH]ncc2C1. The summed E-state index contributed by atoms with van der Waals surface area (Å²) in [6.45, 7) is 3.29. The van der Waals surface area contributed by atoms with Crippen molar-refractivity contribution in [1.29, 1.82) is 5.26 Å². The predicted molar refractivity (Wildman–Crippen MR) is 64.2 cm³/mol. The number of rotatable bonds is 1. The van der Waals surface area contributed by atoms with Crippen molar-refractivity contribution < 1.29 is 4.79 Å². The number of aryl methyl sites for hydroxylation is 1. The largest absolute Gasteiger partial charge is 0.337 e. The van der Waals surface area contributed by atoms with Crippen LogP contribution in [-0.2, 0) is 17.8 Å². The van der Waals surface area contributed by atoms with Gasteiger partial charge in [0.15, 0.2) is 0 Å². The summed E-state index contributed by atoms with van der Waals surface area (Å²) in [5, 5.41) is 16.2. The van der Waals surface area contributed by atoms with E-state index in [1.165, 1.54) is 0 Å². The van der Waals surface area contributed by atoms with Crippen LogP contribution in [0.1, 0.15) is 31.0 Å². The Labute approximate surface area is 106 Å². The number of carbonyl (C=O) groups is 1. The number of fused-ring (bicyclic) bond motifs is 1. The molecule has 1 aliphatic heterocycles. The lowest BCUT2D eigenvalue weighted by Gasteiger charge is -2.23. The molecule has 1 aliphatic carbocycles. The van der Waals surface area contributed by atoms with Crippen LogP contribution in [0.15, 0.2) is 6.20 Å². The van der Waals surface area contributed by atoms with E-state index in [0.717, 1.165) is 30.6 Å². The number of hydrogen-bond acceptors (Lipinski definition) is 3. The highest BCUT2D eigenvalue weighted by atomic mass is 16.2. The molecule has 1 amide bonds. The molecule has 0 bridgehead atoms. The number of hydrogen-bond donors (Lipinski definition) is 1. The van der Waals surface area contributed by atoms with Crippen molar-refractivity contribution in [2.24, 2.45) is 11.3 Å². The number of nitrogens with zero attached hydrogens (tertiary/aromatic N) is 3. The van der Waals surface area contributed by atoms with Crippen LogP contribution in [0, 0.1) is 22.7 Å². The minimum atomic E-state index is -0.742. The summed E-state index contributed by atoms with van der Waals surface area (Å²) in [5.41, 5.74) is 1.47. The third-order valence-corrected chi connectivity index (χ3v) is 4.20. The molecule has 1 fully saturated rings. The summed E-state index contributed by atoms with van der Waals surface area (Å²) < 4.78 is 0. The maximum absolute atomic E-state index is 12.5. The van der Waals surface area contributed by atoms with E-state index < -0.39 is 5.41 Å². The van der Waals surface area contributed by atoms with Crippen molar-refractivity contribution in [3.8, 4) is 6.07 Å². The van der Waals surface area contributed by atoms with Crippen molar-refractivity contribution in [3.05, 3.63) is 17.5 Å². The first kappa shape index (κ1) is 11.3. The van der Waals surface area contributed by atoms with Gasteiger partial charge in [0.25, 0.3) is 0 Å². The Kier molecular flexibility index (Phi) is 2.40. The molecule has 2 unspecified atom stereocenters. The van der Waals surface area contributed by atoms with E-state index >= 15 is 0 Å². The summed E-state index contributed by atoms with van der Waals surface area (Å²) in [5.74, 6) is 0.202. The summed E-state index contributed by atoms with van der Waals surface area (Å²) >= 11 is 0. The van der Waals surface area contributed by atoms with Gasteiger partial charge in [-0.25, -0.2) is 0 Å². The lowest BCUT2D eigenvalue weighted by atomic mass is 10.0. The van der Waals surface area contributed by atoms with Crippen LogP contribution in [0.4, 0.5) is 0 Å². The zero-order valence-electron chi connectivity index (χ0n) is 10.4. The molecule has 2 atom stereocenters. The number of nitriles is 1. The first-order valence-corrected chi connectivity index (χ1v) is 6.39. The lowest BCUT2D eigenvalue weighted by Crippen LogP contribution is -2.37. The van der Waals surface area contributed by atoms with Gasteiger partial charge in [0, 0.05) is 24.3 Å². The standard InChI is InChI=1S/C13H16N4O/c1-9-5-13(9,8-14)12(18)17-4-2-3-11-10(7-17)6-15-16-11/h6,9H,2-5,7H2,1H3,(H,15,16). The smallest absolute Gasteiger partial charge is 0.243 e. The maximum Gasteiger partial charge on any atom is 0.243 e. The molecule has 2 heterocycles. The van der Waals surface area contributed by atoms with Crippen molar-refractivity contribution >= 4 is 5.91 Å². The Hall–Kier alpha value is -1.83. The maximum atomic E-state index is 12.5. The number of amides is 1. The van der Waals surface area contributed by atoms with E-state index in [4.69, 9.17) is 0 Å². The molecular formula is C13H16N4O. The van der Waals surface area contributed by atoms with E-state index in [2.05, 4.69) is 16.3 Å². The first-order valence-electron chi connectivity index (χ1n) is 6.39. The third kappa shape index (κ3) is 1.52. The van der Waals surface area contributed by atoms with E-state index in [0.29, 0.717) is 13.0 Å². The van der Waals surface area contributed by atoms with Gasteiger partial charge in [-0.05, 0) is 25.2 Å². The van der Waals surface area contributed by atoms with Crippen molar-refractivity contribution in [3.63, 3.8) is 0 Å². The minimum Gasteiger partial charge on any atom is -0.337 e. The Morgan fingerprint density at radius 3 is 3.17 bits per heavy atom. The Balaban J connectivity index is 1.82. The van der Waals surface area contributed by atoms with E-state index in [-0.39, 0.29) is 11.8 Å². The molecule has 2 aliphatic rings. The van der Waals surface area contributed by atoms with Gasteiger partial charge in [-0.15, -0.1) is 0 Å². The van der Waals surface area contributed by atoms with Crippen molar-refractivity contribution in [2.75, 3.05) is 6.54 Å². The third-order valence-electron chi connectivity index (χ3n) is 4.20. The average molecular weight is 244 g/mol. The predicted octanol–water partition coefficient (Wildman–Crippen LogP) is 1.23. The quantitative estimate of drug-likeness (QED) is 0.807. The van der Waals surface area contributed by atoms with Crippen LogP contribution >= 0.6 is 0 Å². The zero-order valence-corrected chi connectivity index (χ0v) is 10.4. The zero-order chi connectivity index (χ0) is 12.8. The highest BCUT2D eigenvalue weighted by Gasteiger charge is 2.59. The fraction of sp³-hybridized carbons (Fsp3) is 0.615. The second-order valence-corrected chi connectivity index (χ2v) is 5.39. The van der Waals surface area contributed by atoms with Crippen LogP contribution in [0.25, 0.3) is 0 Å². The van der Waals surface area contributed by atoms with E-state index in [9.17, 15) is 10.1 Å². The molecule has 18 heavy (non-hydrogen) atoms. The number of aromatic amines is 1. The Bertz CT molecular complexity index is 529. The minimum absolute atomic E-state index is 0.00606. The van der Waals surface area contributed by atoms with Crippen molar-refractivity contribution in [1.82, 2.24) is 15.1 Å². The van der Waals surface area contributed by atoms with Gasteiger partial charge >= 0.3 is 0 Å². The van der Waals surface area contributed by atoms with Gasteiger partial charge < -0.3 is 4.90 Å². The number of H-pyrrole nitrogens is 1. The molecule has 1 saturated carbocycles. The van der Waals surface area contributed by atoms with Gasteiger partial charge in [0.1, 0.15) is 5.41 Å². The average Bonchev–Trinajstić information content (AvgIpc) is 2.94. The molecule has 5 nitrogen and oxygen atoms in total. The van der Waals surface area contributed by atoms with Crippen LogP contribution in [0.3, 0.4) is 0 Å². The monoisotopic (exact) mass is 244 g/mol. The molecule has 1 aromatic heterocycles. The summed E-state index contributed by atoms with van der Waals surface area (Å²) in [6.07, 6.45) is 4.35.